The van der Waals surface area contributed by atoms with Crippen molar-refractivity contribution >= 4 is 11.6 Å². The fourth-order valence-corrected chi connectivity index (χ4v) is 4.64. The maximum atomic E-state index is 14.7. The monoisotopic (exact) mass is 443 g/mol. The first-order valence-electron chi connectivity index (χ1n) is 11.2. The summed E-state index contributed by atoms with van der Waals surface area (Å²) in [5, 5.41) is 6.17. The van der Waals surface area contributed by atoms with Crippen LogP contribution in [0.5, 0.6) is 5.75 Å². The summed E-state index contributed by atoms with van der Waals surface area (Å²) in [6.07, 6.45) is 1.38. The molecule has 0 bridgehead atoms. The molecule has 5 nitrogen and oxygen atoms in total. The van der Waals surface area contributed by atoms with E-state index < -0.39 is 6.04 Å². The minimum Gasteiger partial charge on any atom is -0.497 e. The summed E-state index contributed by atoms with van der Waals surface area (Å²) in [5.74, 6) is 0.311. The van der Waals surface area contributed by atoms with Crippen LogP contribution in [0.25, 0.3) is 0 Å². The summed E-state index contributed by atoms with van der Waals surface area (Å²) in [5.41, 5.74) is 4.75. The van der Waals surface area contributed by atoms with E-state index in [1.54, 1.807) is 25.3 Å². The standard InChI is InChI=1S/C27H26FN3O2/c1-33-22-12-10-20(11-13-22)25-16-26(23-8-4-5-9-24(23)28)31(29-25)27(32)18-30-15-14-19-6-2-3-7-21(19)17-30/h2-13,26H,14-18H2,1H3/t26-/m1/s1. The Morgan fingerprint density at radius 1 is 1.03 bits per heavy atom. The number of hydrazone groups is 1. The Labute approximate surface area is 193 Å². The third-order valence-electron chi connectivity index (χ3n) is 6.42. The van der Waals surface area contributed by atoms with Crippen LogP contribution in [0.15, 0.2) is 77.9 Å². The average Bonchev–Trinajstić information content (AvgIpc) is 3.30. The number of rotatable bonds is 5. The zero-order chi connectivity index (χ0) is 22.8. The van der Waals surface area contributed by atoms with Gasteiger partial charge in [-0.05, 0) is 53.4 Å². The highest BCUT2D eigenvalue weighted by Gasteiger charge is 2.35. The van der Waals surface area contributed by atoms with Gasteiger partial charge in [0.2, 0.25) is 0 Å². The maximum absolute atomic E-state index is 14.7. The molecule has 3 aromatic rings. The van der Waals surface area contributed by atoms with Crippen LogP contribution in [0.2, 0.25) is 0 Å². The quantitative estimate of drug-likeness (QED) is 0.580. The van der Waals surface area contributed by atoms with Gasteiger partial charge in [0.05, 0.1) is 25.4 Å². The van der Waals surface area contributed by atoms with E-state index in [4.69, 9.17) is 4.74 Å². The van der Waals surface area contributed by atoms with Crippen molar-refractivity contribution in [2.45, 2.75) is 25.4 Å². The number of hydrogen-bond acceptors (Lipinski definition) is 4. The fourth-order valence-electron chi connectivity index (χ4n) is 4.64. The molecule has 0 N–H and O–H groups in total. The molecule has 0 unspecified atom stereocenters. The lowest BCUT2D eigenvalue weighted by atomic mass is 9.97. The van der Waals surface area contributed by atoms with E-state index in [2.05, 4.69) is 28.2 Å². The largest absolute Gasteiger partial charge is 0.497 e. The number of methoxy groups -OCH3 is 1. The molecule has 0 spiro atoms. The van der Waals surface area contributed by atoms with Crippen LogP contribution in [0.4, 0.5) is 4.39 Å². The summed E-state index contributed by atoms with van der Waals surface area (Å²) >= 11 is 0. The number of halogens is 1. The number of hydrogen-bond donors (Lipinski definition) is 0. The van der Waals surface area contributed by atoms with Crippen LogP contribution in [-0.4, -0.2) is 41.7 Å². The van der Waals surface area contributed by atoms with E-state index in [-0.39, 0.29) is 18.3 Å². The lowest BCUT2D eigenvalue weighted by molar-refractivity contribution is -0.134. The fraction of sp³-hybridized carbons (Fsp3) is 0.259. The molecule has 6 heteroatoms. The van der Waals surface area contributed by atoms with E-state index in [9.17, 15) is 9.18 Å². The van der Waals surface area contributed by atoms with Crippen molar-refractivity contribution in [3.63, 3.8) is 0 Å². The van der Waals surface area contributed by atoms with Crippen molar-refractivity contribution in [1.29, 1.82) is 0 Å². The van der Waals surface area contributed by atoms with E-state index in [0.29, 0.717) is 12.0 Å². The first-order valence-corrected chi connectivity index (χ1v) is 11.2. The van der Waals surface area contributed by atoms with Gasteiger partial charge in [-0.15, -0.1) is 0 Å². The predicted molar refractivity (Wildman–Crippen MR) is 126 cm³/mol. The van der Waals surface area contributed by atoms with Gasteiger partial charge in [0.15, 0.2) is 0 Å². The van der Waals surface area contributed by atoms with Gasteiger partial charge in [-0.2, -0.15) is 5.10 Å². The lowest BCUT2D eigenvalue weighted by Gasteiger charge is -2.30. The molecule has 2 heterocycles. The molecule has 0 saturated heterocycles. The minimum absolute atomic E-state index is 0.119. The molecule has 0 fully saturated rings. The second-order valence-electron chi connectivity index (χ2n) is 8.48. The van der Waals surface area contributed by atoms with E-state index in [0.717, 1.165) is 36.5 Å². The van der Waals surface area contributed by atoms with Crippen molar-refractivity contribution in [2.24, 2.45) is 5.10 Å². The zero-order valence-electron chi connectivity index (χ0n) is 18.6. The number of amides is 1. The maximum Gasteiger partial charge on any atom is 0.257 e. The zero-order valence-corrected chi connectivity index (χ0v) is 18.6. The second kappa shape index (κ2) is 9.16. The highest BCUT2D eigenvalue weighted by Crippen LogP contribution is 2.34. The van der Waals surface area contributed by atoms with Crippen LogP contribution in [0.1, 0.15) is 34.7 Å². The molecule has 168 valence electrons. The van der Waals surface area contributed by atoms with E-state index in [1.165, 1.54) is 22.2 Å². The van der Waals surface area contributed by atoms with Gasteiger partial charge < -0.3 is 4.74 Å². The molecule has 5 rings (SSSR count). The van der Waals surface area contributed by atoms with Crippen molar-refractivity contribution in [3.8, 4) is 5.75 Å². The molecule has 3 aromatic carbocycles. The summed E-state index contributed by atoms with van der Waals surface area (Å²) in [6, 6.07) is 22.1. The highest BCUT2D eigenvalue weighted by molar-refractivity contribution is 6.03. The van der Waals surface area contributed by atoms with E-state index >= 15 is 0 Å². The molecule has 0 aromatic heterocycles. The third kappa shape index (κ3) is 4.39. The first kappa shape index (κ1) is 21.3. The SMILES string of the molecule is COc1ccc(C2=NN(C(=O)CN3CCc4ccccc4C3)[C@@H](c3ccccc3F)C2)cc1. The number of ether oxygens (including phenoxy) is 1. The van der Waals surface area contributed by atoms with Crippen LogP contribution >= 0.6 is 0 Å². The smallest absolute Gasteiger partial charge is 0.257 e. The first-order chi connectivity index (χ1) is 16.1. The van der Waals surface area contributed by atoms with Gasteiger partial charge >= 0.3 is 0 Å². The van der Waals surface area contributed by atoms with Gasteiger partial charge in [-0.25, -0.2) is 9.40 Å². The molecule has 0 saturated carbocycles. The Kier molecular flexibility index (Phi) is 5.92. The van der Waals surface area contributed by atoms with Crippen LogP contribution in [-0.2, 0) is 17.8 Å². The molecule has 0 radical (unpaired) electrons. The third-order valence-corrected chi connectivity index (χ3v) is 6.42. The Morgan fingerprint density at radius 2 is 1.76 bits per heavy atom. The molecule has 1 atom stereocenters. The number of fused-ring (bicyclic) bond motifs is 1. The Hall–Kier alpha value is -3.51. The molecule has 1 amide bonds. The minimum atomic E-state index is -0.465. The van der Waals surface area contributed by atoms with Crippen molar-refractivity contribution < 1.29 is 13.9 Å². The molecule has 33 heavy (non-hydrogen) atoms. The van der Waals surface area contributed by atoms with Crippen molar-refractivity contribution in [2.75, 3.05) is 20.2 Å². The van der Waals surface area contributed by atoms with Gasteiger partial charge in [0.1, 0.15) is 11.6 Å². The molecule has 2 aliphatic rings. The number of benzene rings is 3. The molecule has 0 aliphatic carbocycles. The summed E-state index contributed by atoms with van der Waals surface area (Å²) in [7, 11) is 1.62. The lowest BCUT2D eigenvalue weighted by Crippen LogP contribution is -2.40. The van der Waals surface area contributed by atoms with Crippen molar-refractivity contribution in [3.05, 3.63) is 101 Å². The molecule has 2 aliphatic heterocycles. The van der Waals surface area contributed by atoms with E-state index in [1.807, 2.05) is 30.3 Å². The predicted octanol–water partition coefficient (Wildman–Crippen LogP) is 4.57. The number of nitrogens with zero attached hydrogens (tertiary/aromatic N) is 3. The highest BCUT2D eigenvalue weighted by atomic mass is 19.1. The van der Waals surface area contributed by atoms with Gasteiger partial charge in [-0.3, -0.25) is 9.69 Å². The average molecular weight is 444 g/mol. The van der Waals surface area contributed by atoms with Crippen LogP contribution in [0.3, 0.4) is 0 Å². The summed E-state index contributed by atoms with van der Waals surface area (Å²) < 4.78 is 20.0. The number of carbonyl (C=O) groups is 1. The summed E-state index contributed by atoms with van der Waals surface area (Å²) in [6.45, 7) is 1.80. The molecular weight excluding hydrogens is 417 g/mol. The second-order valence-corrected chi connectivity index (χ2v) is 8.48. The summed E-state index contributed by atoms with van der Waals surface area (Å²) in [4.78, 5) is 15.6. The number of carbonyl (C=O) groups excluding carboxylic acids is 1. The van der Waals surface area contributed by atoms with Gasteiger partial charge in [-0.1, -0.05) is 42.5 Å². The normalized spacial score (nSPS) is 18.1. The van der Waals surface area contributed by atoms with Crippen molar-refractivity contribution in [1.82, 2.24) is 9.91 Å². The van der Waals surface area contributed by atoms with Crippen LogP contribution < -0.4 is 4.74 Å². The topological polar surface area (TPSA) is 45.1 Å². The Morgan fingerprint density at radius 3 is 2.52 bits per heavy atom. The van der Waals surface area contributed by atoms with Crippen LogP contribution in [0, 0.1) is 5.82 Å². The van der Waals surface area contributed by atoms with Gasteiger partial charge in [0, 0.05) is 25.1 Å². The molecular formula is C27H26FN3O2. The Balaban J connectivity index is 1.40. The Bertz CT molecular complexity index is 1190. The van der Waals surface area contributed by atoms with Gasteiger partial charge in [0.25, 0.3) is 5.91 Å².